The number of piperidine rings is 1. The van der Waals surface area contributed by atoms with Gasteiger partial charge in [0.15, 0.2) is 0 Å². The minimum atomic E-state index is -0.0922. The molecule has 1 atom stereocenters. The van der Waals surface area contributed by atoms with E-state index in [9.17, 15) is 9.59 Å². The van der Waals surface area contributed by atoms with Gasteiger partial charge >= 0.3 is 0 Å². The van der Waals surface area contributed by atoms with Crippen molar-refractivity contribution in [2.24, 2.45) is 0 Å². The molecule has 3 aromatic rings. The molecule has 2 heterocycles. The predicted octanol–water partition coefficient (Wildman–Crippen LogP) is 6.61. The lowest BCUT2D eigenvalue weighted by atomic mass is 10.0. The first-order chi connectivity index (χ1) is 18.4. The maximum Gasteiger partial charge on any atom is 0.259 e. The number of nitrogens with one attached hydrogen (secondary N) is 1. The van der Waals surface area contributed by atoms with Gasteiger partial charge in [-0.25, -0.2) is 0 Å². The molecule has 38 heavy (non-hydrogen) atoms. The van der Waals surface area contributed by atoms with Crippen LogP contribution in [0.5, 0.6) is 0 Å². The monoisotopic (exact) mass is 527 g/mol. The highest BCUT2D eigenvalue weighted by Gasteiger charge is 2.28. The Hall–Kier alpha value is -3.09. The Balaban J connectivity index is 1.37. The van der Waals surface area contributed by atoms with Crippen LogP contribution >= 0.6 is 11.8 Å². The fraction of sp³-hybridized carbons (Fsp3) is 0.375. The molecule has 0 radical (unpaired) electrons. The molecule has 2 aliphatic rings. The van der Waals surface area contributed by atoms with Crippen molar-refractivity contribution < 1.29 is 9.59 Å². The quantitative estimate of drug-likeness (QED) is 0.351. The van der Waals surface area contributed by atoms with Crippen LogP contribution in [-0.2, 0) is 6.54 Å². The van der Waals surface area contributed by atoms with Gasteiger partial charge < -0.3 is 15.1 Å². The Labute approximate surface area is 230 Å². The summed E-state index contributed by atoms with van der Waals surface area (Å²) in [4.78, 5) is 33.3. The lowest BCUT2D eigenvalue weighted by Crippen LogP contribution is -2.39. The van der Waals surface area contributed by atoms with Crippen molar-refractivity contribution in [1.82, 2.24) is 10.2 Å². The molecule has 5 rings (SSSR count). The number of benzene rings is 3. The number of carbonyl (C=O) groups is 2. The van der Waals surface area contributed by atoms with E-state index >= 15 is 0 Å². The molecule has 3 aromatic carbocycles. The number of hydrogen-bond donors (Lipinski definition) is 1. The maximum absolute atomic E-state index is 13.9. The summed E-state index contributed by atoms with van der Waals surface area (Å²) in [6.45, 7) is 9.71. The number of aryl methyl sites for hydroxylation is 2. The summed E-state index contributed by atoms with van der Waals surface area (Å²) in [6, 6.07) is 20.5. The van der Waals surface area contributed by atoms with Crippen molar-refractivity contribution in [2.75, 3.05) is 24.5 Å². The van der Waals surface area contributed by atoms with Crippen LogP contribution < -0.4 is 10.2 Å². The van der Waals surface area contributed by atoms with Gasteiger partial charge in [0.2, 0.25) is 0 Å². The first kappa shape index (κ1) is 26.5. The van der Waals surface area contributed by atoms with Gasteiger partial charge in [0.05, 0.1) is 17.8 Å². The van der Waals surface area contributed by atoms with Crippen molar-refractivity contribution in [3.8, 4) is 0 Å². The average molecular weight is 528 g/mol. The van der Waals surface area contributed by atoms with Crippen molar-refractivity contribution in [3.05, 3.63) is 88.5 Å². The molecule has 1 saturated heterocycles. The van der Waals surface area contributed by atoms with E-state index < -0.39 is 0 Å². The Kier molecular flexibility index (Phi) is 8.20. The van der Waals surface area contributed by atoms with Gasteiger partial charge in [-0.3, -0.25) is 9.59 Å². The zero-order valence-electron chi connectivity index (χ0n) is 22.6. The Morgan fingerprint density at radius 3 is 2.71 bits per heavy atom. The number of hydrogen-bond acceptors (Lipinski definition) is 4. The predicted molar refractivity (Wildman–Crippen MR) is 155 cm³/mol. The summed E-state index contributed by atoms with van der Waals surface area (Å²) in [5.41, 5.74) is 5.47. The Bertz CT molecular complexity index is 1340. The molecule has 0 aliphatic carbocycles. The molecule has 2 amide bonds. The highest BCUT2D eigenvalue weighted by atomic mass is 32.2. The van der Waals surface area contributed by atoms with Gasteiger partial charge in [-0.1, -0.05) is 54.1 Å². The second kappa shape index (κ2) is 11.7. The van der Waals surface area contributed by atoms with Crippen LogP contribution in [0.1, 0.15) is 70.0 Å². The maximum atomic E-state index is 13.9. The summed E-state index contributed by atoms with van der Waals surface area (Å²) in [5.74, 6) is -0.133. The van der Waals surface area contributed by atoms with Crippen molar-refractivity contribution in [1.29, 1.82) is 0 Å². The highest BCUT2D eigenvalue weighted by molar-refractivity contribution is 7.99. The summed E-state index contributed by atoms with van der Waals surface area (Å²) in [6.07, 6.45) is 4.79. The number of fused-ring (bicyclic) bond motifs is 2. The molecule has 198 valence electrons. The molecule has 0 saturated carbocycles. The molecule has 0 aromatic heterocycles. The van der Waals surface area contributed by atoms with Crippen molar-refractivity contribution >= 4 is 29.3 Å². The number of likely N-dealkylation sites (tertiary alicyclic amines) is 1. The Morgan fingerprint density at radius 2 is 1.87 bits per heavy atom. The van der Waals surface area contributed by atoms with E-state index in [1.54, 1.807) is 11.8 Å². The summed E-state index contributed by atoms with van der Waals surface area (Å²) in [5, 5.41) is 3.11. The molecular formula is C32H37N3O2S. The van der Waals surface area contributed by atoms with E-state index in [1.807, 2.05) is 47.4 Å². The van der Waals surface area contributed by atoms with E-state index in [1.165, 1.54) is 19.3 Å². The van der Waals surface area contributed by atoms with E-state index in [4.69, 9.17) is 0 Å². The molecule has 5 nitrogen and oxygen atoms in total. The molecule has 2 aliphatic heterocycles. The largest absolute Gasteiger partial charge is 0.352 e. The van der Waals surface area contributed by atoms with Gasteiger partial charge in [-0.05, 0) is 88.0 Å². The first-order valence-corrected chi connectivity index (χ1v) is 14.5. The second-order valence-corrected chi connectivity index (χ2v) is 11.7. The van der Waals surface area contributed by atoms with Crippen LogP contribution in [0.3, 0.4) is 0 Å². The SMILES string of the molecule is Cc1ccc(C)c(CN2C(=O)c3ccccc3Sc3ccc(C(=O)NCCCN4CCCC[C@H]4C)cc32)c1. The summed E-state index contributed by atoms with van der Waals surface area (Å²) in [7, 11) is 0. The number of carbonyl (C=O) groups excluding carboxylic acids is 2. The zero-order chi connectivity index (χ0) is 26.6. The van der Waals surface area contributed by atoms with Gasteiger partial charge in [-0.2, -0.15) is 0 Å². The van der Waals surface area contributed by atoms with E-state index in [0.717, 1.165) is 51.7 Å². The highest BCUT2D eigenvalue weighted by Crippen LogP contribution is 2.42. The zero-order valence-corrected chi connectivity index (χ0v) is 23.4. The standard InChI is InChI=1S/C32H37N3O2S/c1-22-12-13-23(2)26(19-22)21-35-28-20-25(31(36)33-16-8-18-34-17-7-6-9-24(34)3)14-15-30(28)38-29-11-5-4-10-27(29)32(35)37/h4-5,10-15,19-20,24H,6-9,16-18,21H2,1-3H3,(H,33,36)/t24-/m1/s1. The third-order valence-electron chi connectivity index (χ3n) is 7.78. The topological polar surface area (TPSA) is 52.7 Å². The normalized spacial score (nSPS) is 17.5. The fourth-order valence-electron chi connectivity index (χ4n) is 5.44. The second-order valence-electron chi connectivity index (χ2n) is 10.6. The van der Waals surface area contributed by atoms with Gasteiger partial charge in [0.25, 0.3) is 11.8 Å². The fourth-order valence-corrected chi connectivity index (χ4v) is 6.49. The van der Waals surface area contributed by atoms with Gasteiger partial charge in [0.1, 0.15) is 0 Å². The number of amides is 2. The average Bonchev–Trinajstić information content (AvgIpc) is 3.03. The molecule has 0 bridgehead atoms. The van der Waals surface area contributed by atoms with Crippen LogP contribution in [0, 0.1) is 13.8 Å². The van der Waals surface area contributed by atoms with Crippen LogP contribution in [0.15, 0.2) is 70.5 Å². The molecular weight excluding hydrogens is 490 g/mol. The van der Waals surface area contributed by atoms with Crippen molar-refractivity contribution in [2.45, 2.75) is 68.8 Å². The smallest absolute Gasteiger partial charge is 0.259 e. The lowest BCUT2D eigenvalue weighted by molar-refractivity contribution is 0.0945. The van der Waals surface area contributed by atoms with Crippen LogP contribution in [0.2, 0.25) is 0 Å². The first-order valence-electron chi connectivity index (χ1n) is 13.7. The Morgan fingerprint density at radius 1 is 1.03 bits per heavy atom. The number of anilines is 1. The van der Waals surface area contributed by atoms with Gasteiger partial charge in [-0.15, -0.1) is 0 Å². The molecule has 0 spiro atoms. The summed E-state index contributed by atoms with van der Waals surface area (Å²) < 4.78 is 0. The minimum Gasteiger partial charge on any atom is -0.352 e. The molecule has 1 fully saturated rings. The molecule has 6 heteroatoms. The van der Waals surface area contributed by atoms with E-state index in [0.29, 0.717) is 30.3 Å². The summed E-state index contributed by atoms with van der Waals surface area (Å²) >= 11 is 1.59. The van der Waals surface area contributed by atoms with Crippen LogP contribution in [-0.4, -0.2) is 42.4 Å². The van der Waals surface area contributed by atoms with Crippen LogP contribution in [0.25, 0.3) is 0 Å². The molecule has 1 N–H and O–H groups in total. The third-order valence-corrected chi connectivity index (χ3v) is 8.92. The third kappa shape index (κ3) is 5.82. The van der Waals surface area contributed by atoms with E-state index in [-0.39, 0.29) is 11.8 Å². The van der Waals surface area contributed by atoms with Gasteiger partial charge in [0, 0.05) is 34.5 Å². The minimum absolute atomic E-state index is 0.0408. The van der Waals surface area contributed by atoms with Crippen LogP contribution in [0.4, 0.5) is 5.69 Å². The molecule has 0 unspecified atom stereocenters. The van der Waals surface area contributed by atoms with E-state index in [2.05, 4.69) is 49.2 Å². The van der Waals surface area contributed by atoms with Crippen molar-refractivity contribution in [3.63, 3.8) is 0 Å². The number of nitrogens with zero attached hydrogens (tertiary/aromatic N) is 2. The lowest BCUT2D eigenvalue weighted by Gasteiger charge is -2.33. The number of rotatable bonds is 7.